The summed E-state index contributed by atoms with van der Waals surface area (Å²) in [5.74, 6) is -0.383. The third-order valence-corrected chi connectivity index (χ3v) is 3.90. The third-order valence-electron chi connectivity index (χ3n) is 3.00. The van der Waals surface area contributed by atoms with Gasteiger partial charge in [0.1, 0.15) is 10.6 Å². The number of nitrogens with zero attached hydrogens (tertiary/aromatic N) is 1. The normalized spacial score (nSPS) is 11.8. The van der Waals surface area contributed by atoms with Gasteiger partial charge in [-0.15, -0.1) is 0 Å². The molecule has 1 amide bonds. The van der Waals surface area contributed by atoms with Crippen LogP contribution in [0, 0.1) is 6.92 Å². The van der Waals surface area contributed by atoms with Crippen LogP contribution in [0.3, 0.4) is 0 Å². The number of hydrogen-bond acceptors (Lipinski definition) is 6. The van der Waals surface area contributed by atoms with Gasteiger partial charge in [0.25, 0.3) is 0 Å². The maximum atomic E-state index is 11.9. The molecule has 0 spiro atoms. The zero-order valence-corrected chi connectivity index (χ0v) is 13.8. The van der Waals surface area contributed by atoms with E-state index >= 15 is 0 Å². The van der Waals surface area contributed by atoms with E-state index in [0.29, 0.717) is 35.8 Å². The minimum absolute atomic E-state index is 0.00391. The van der Waals surface area contributed by atoms with Gasteiger partial charge in [-0.1, -0.05) is 6.92 Å². The highest BCUT2D eigenvalue weighted by atomic mass is 32.1. The second-order valence-electron chi connectivity index (χ2n) is 4.75. The van der Waals surface area contributed by atoms with Gasteiger partial charge in [0.2, 0.25) is 5.91 Å². The first-order valence-electron chi connectivity index (χ1n) is 7.16. The van der Waals surface area contributed by atoms with Gasteiger partial charge in [-0.05, 0) is 38.7 Å². The predicted molar refractivity (Wildman–Crippen MR) is 83.8 cm³/mol. The number of carbonyl (C=O) groups is 2. The van der Waals surface area contributed by atoms with Crippen molar-refractivity contribution in [1.29, 1.82) is 0 Å². The minimum Gasteiger partial charge on any atom is -0.462 e. The molecule has 1 unspecified atom stereocenters. The van der Waals surface area contributed by atoms with Crippen LogP contribution in [0.2, 0.25) is 0 Å². The van der Waals surface area contributed by atoms with E-state index in [-0.39, 0.29) is 17.9 Å². The van der Waals surface area contributed by atoms with Gasteiger partial charge in [-0.2, -0.15) is 4.37 Å². The molecular formula is C14H23N3O3S. The number of amides is 1. The van der Waals surface area contributed by atoms with Crippen LogP contribution in [0.5, 0.6) is 0 Å². The smallest absolute Gasteiger partial charge is 0.343 e. The van der Waals surface area contributed by atoms with Crippen LogP contribution in [0.25, 0.3) is 0 Å². The number of nitrogens with one attached hydrogen (secondary N) is 2. The van der Waals surface area contributed by atoms with Crippen LogP contribution in [-0.4, -0.2) is 35.4 Å². The fraction of sp³-hybridized carbons (Fsp3) is 0.643. The summed E-state index contributed by atoms with van der Waals surface area (Å²) in [4.78, 5) is 23.5. The summed E-state index contributed by atoms with van der Waals surface area (Å²) in [6.45, 7) is 8.30. The van der Waals surface area contributed by atoms with Gasteiger partial charge >= 0.3 is 5.97 Å². The fourth-order valence-corrected chi connectivity index (χ4v) is 2.48. The van der Waals surface area contributed by atoms with Crippen molar-refractivity contribution in [1.82, 2.24) is 9.69 Å². The second-order valence-corrected chi connectivity index (χ2v) is 5.52. The van der Waals surface area contributed by atoms with Crippen molar-refractivity contribution >= 4 is 28.4 Å². The molecule has 0 fully saturated rings. The highest BCUT2D eigenvalue weighted by molar-refractivity contribution is 7.10. The first kappa shape index (κ1) is 17.4. The van der Waals surface area contributed by atoms with Gasteiger partial charge in [0, 0.05) is 19.0 Å². The Hall–Kier alpha value is -1.63. The molecule has 1 aromatic rings. The zero-order chi connectivity index (χ0) is 15.8. The highest BCUT2D eigenvalue weighted by Gasteiger charge is 2.19. The van der Waals surface area contributed by atoms with Crippen LogP contribution in [0.15, 0.2) is 0 Å². The molecule has 0 radical (unpaired) electrons. The molecular weight excluding hydrogens is 290 g/mol. The molecule has 118 valence electrons. The van der Waals surface area contributed by atoms with E-state index in [1.165, 1.54) is 11.5 Å². The van der Waals surface area contributed by atoms with E-state index in [1.54, 1.807) is 13.8 Å². The van der Waals surface area contributed by atoms with Crippen LogP contribution in [0.4, 0.5) is 5.00 Å². The molecule has 2 N–H and O–H groups in total. The summed E-state index contributed by atoms with van der Waals surface area (Å²) in [5.41, 5.74) is 1.11. The molecule has 0 aromatic carbocycles. The SMILES string of the molecule is CCOC(=O)c1c(C)nsc1NCCC(=O)NC(C)CC. The Labute approximate surface area is 129 Å². The van der Waals surface area contributed by atoms with Crippen LogP contribution in [0.1, 0.15) is 49.7 Å². The van der Waals surface area contributed by atoms with Gasteiger partial charge in [0.05, 0.1) is 12.3 Å². The van der Waals surface area contributed by atoms with Gasteiger partial charge < -0.3 is 15.4 Å². The Morgan fingerprint density at radius 1 is 1.38 bits per heavy atom. The van der Waals surface area contributed by atoms with Gasteiger partial charge in [-0.3, -0.25) is 4.79 Å². The lowest BCUT2D eigenvalue weighted by molar-refractivity contribution is -0.121. The van der Waals surface area contributed by atoms with Crippen molar-refractivity contribution in [2.75, 3.05) is 18.5 Å². The van der Waals surface area contributed by atoms with Crippen molar-refractivity contribution in [2.45, 2.75) is 46.6 Å². The molecule has 6 nitrogen and oxygen atoms in total. The highest BCUT2D eigenvalue weighted by Crippen LogP contribution is 2.25. The Morgan fingerprint density at radius 2 is 2.10 bits per heavy atom. The molecule has 0 aliphatic carbocycles. The average molecular weight is 313 g/mol. The molecule has 1 atom stereocenters. The van der Waals surface area contributed by atoms with E-state index < -0.39 is 0 Å². The van der Waals surface area contributed by atoms with Gasteiger partial charge in [0.15, 0.2) is 0 Å². The molecule has 1 heterocycles. The predicted octanol–water partition coefficient (Wildman–Crippen LogP) is 2.34. The molecule has 1 rings (SSSR count). The van der Waals surface area contributed by atoms with Crippen molar-refractivity contribution in [3.63, 3.8) is 0 Å². The van der Waals surface area contributed by atoms with E-state index in [2.05, 4.69) is 15.0 Å². The Kier molecular flexibility index (Phi) is 7.14. The summed E-state index contributed by atoms with van der Waals surface area (Å²) in [6.07, 6.45) is 1.25. The topological polar surface area (TPSA) is 80.3 Å². The number of anilines is 1. The molecule has 7 heteroatoms. The lowest BCUT2D eigenvalue weighted by Crippen LogP contribution is -2.32. The molecule has 0 saturated heterocycles. The molecule has 0 aliphatic rings. The maximum Gasteiger partial charge on any atom is 0.343 e. The average Bonchev–Trinajstić information content (AvgIpc) is 2.80. The summed E-state index contributed by atoms with van der Waals surface area (Å²) < 4.78 is 9.17. The standard InChI is InChI=1S/C14H23N3O3S/c1-5-9(3)16-11(18)7-8-15-13-12(10(4)17-21-13)14(19)20-6-2/h9,15H,5-8H2,1-4H3,(H,16,18). The van der Waals surface area contributed by atoms with Gasteiger partial charge in [-0.25, -0.2) is 4.79 Å². The Morgan fingerprint density at radius 3 is 2.71 bits per heavy atom. The molecule has 1 aromatic heterocycles. The number of aromatic nitrogens is 1. The van der Waals surface area contributed by atoms with Crippen molar-refractivity contribution < 1.29 is 14.3 Å². The van der Waals surface area contributed by atoms with E-state index in [0.717, 1.165) is 6.42 Å². The quantitative estimate of drug-likeness (QED) is 0.720. The van der Waals surface area contributed by atoms with E-state index in [9.17, 15) is 9.59 Å². The summed E-state index contributed by atoms with van der Waals surface area (Å²) in [7, 11) is 0. The largest absolute Gasteiger partial charge is 0.462 e. The third kappa shape index (κ3) is 5.34. The zero-order valence-electron chi connectivity index (χ0n) is 13.0. The molecule has 0 aliphatic heterocycles. The number of ether oxygens (including phenoxy) is 1. The number of hydrogen-bond donors (Lipinski definition) is 2. The number of rotatable bonds is 8. The van der Waals surface area contributed by atoms with Crippen molar-refractivity contribution in [3.05, 3.63) is 11.3 Å². The van der Waals surface area contributed by atoms with Crippen molar-refractivity contribution in [2.24, 2.45) is 0 Å². The first-order valence-corrected chi connectivity index (χ1v) is 7.93. The molecule has 21 heavy (non-hydrogen) atoms. The van der Waals surface area contributed by atoms with Crippen molar-refractivity contribution in [3.8, 4) is 0 Å². The number of esters is 1. The van der Waals surface area contributed by atoms with E-state index in [4.69, 9.17) is 4.74 Å². The van der Waals surface area contributed by atoms with Crippen LogP contribution < -0.4 is 10.6 Å². The summed E-state index contributed by atoms with van der Waals surface area (Å²) >= 11 is 1.21. The summed E-state index contributed by atoms with van der Waals surface area (Å²) in [5, 5.41) is 6.64. The Balaban J connectivity index is 2.53. The molecule has 0 saturated carbocycles. The monoisotopic (exact) mass is 313 g/mol. The minimum atomic E-state index is -0.379. The number of carbonyl (C=O) groups excluding carboxylic acids is 2. The lowest BCUT2D eigenvalue weighted by atomic mass is 10.2. The van der Waals surface area contributed by atoms with E-state index in [1.807, 2.05) is 13.8 Å². The molecule has 0 bridgehead atoms. The Bertz CT molecular complexity index is 488. The fourth-order valence-electron chi connectivity index (χ4n) is 1.67. The lowest BCUT2D eigenvalue weighted by Gasteiger charge is -2.11. The first-order chi connectivity index (χ1) is 9.99. The van der Waals surface area contributed by atoms with Crippen LogP contribution in [-0.2, 0) is 9.53 Å². The maximum absolute atomic E-state index is 11.9. The number of aryl methyl sites for hydroxylation is 1. The second kappa shape index (κ2) is 8.61. The van der Waals surface area contributed by atoms with Crippen LogP contribution >= 0.6 is 11.5 Å². The summed E-state index contributed by atoms with van der Waals surface area (Å²) in [6, 6.07) is 0.179.